The van der Waals surface area contributed by atoms with Crippen molar-refractivity contribution in [3.05, 3.63) is 64.5 Å². The Balaban J connectivity index is 1.16. The van der Waals surface area contributed by atoms with E-state index in [1.165, 1.54) is 97.7 Å². The molecule has 8 aliphatic carbocycles. The van der Waals surface area contributed by atoms with Gasteiger partial charge in [0, 0.05) is 28.7 Å². The Bertz CT molecular complexity index is 2520. The predicted octanol–water partition coefficient (Wildman–Crippen LogP) is 8.62. The van der Waals surface area contributed by atoms with Crippen LogP contribution in [0.4, 0.5) is 4.39 Å². The summed E-state index contributed by atoms with van der Waals surface area (Å²) in [5, 5.41) is 0. The zero-order chi connectivity index (χ0) is 34.1. The normalized spacial score (nSPS) is 31.2. The van der Waals surface area contributed by atoms with E-state index >= 15 is 4.39 Å². The van der Waals surface area contributed by atoms with Crippen LogP contribution in [-0.2, 0) is 5.41 Å². The van der Waals surface area contributed by atoms with Crippen LogP contribution < -0.4 is 21.1 Å². The van der Waals surface area contributed by atoms with Crippen LogP contribution in [0.25, 0.3) is 39.2 Å². The summed E-state index contributed by atoms with van der Waals surface area (Å²) in [4.78, 5) is 16.4. The van der Waals surface area contributed by atoms with Crippen LogP contribution in [0.3, 0.4) is 0 Å². The van der Waals surface area contributed by atoms with Gasteiger partial charge in [0.25, 0.3) is 12.8 Å². The number of imidazole rings is 1. The number of ether oxygens (including phenoxy) is 1. The van der Waals surface area contributed by atoms with Crippen LogP contribution >= 0.6 is 0 Å². The average molecular weight is 685 g/mol. The van der Waals surface area contributed by atoms with Crippen molar-refractivity contribution < 1.29 is 9.13 Å². The molecule has 4 saturated carbocycles. The fourth-order valence-electron chi connectivity index (χ4n) is 14.2. The van der Waals surface area contributed by atoms with Gasteiger partial charge in [0.15, 0.2) is 0 Å². The fraction of sp³-hybridized carbons (Fsp3) is 0.489. The van der Waals surface area contributed by atoms with Gasteiger partial charge in [0.1, 0.15) is 11.5 Å². The lowest BCUT2D eigenvalue weighted by molar-refractivity contribution is 0.164. The lowest BCUT2D eigenvalue weighted by atomic mass is 9.33. The number of fused-ring (bicyclic) bond motifs is 4. The molecule has 4 unspecified atom stereocenters. The van der Waals surface area contributed by atoms with Crippen LogP contribution in [0, 0.1) is 29.7 Å². The number of rotatable bonds is 0. The van der Waals surface area contributed by atoms with Gasteiger partial charge >= 0.3 is 0 Å². The minimum absolute atomic E-state index is 0.106. The molecule has 5 aromatic rings. The van der Waals surface area contributed by atoms with Crippen LogP contribution in [0.15, 0.2) is 30.3 Å². The summed E-state index contributed by atoms with van der Waals surface area (Å²) in [5.74, 6) is 7.26. The Hall–Kier alpha value is -4.00. The molecule has 0 radical (unpaired) electrons. The van der Waals surface area contributed by atoms with Crippen molar-refractivity contribution in [2.24, 2.45) is 23.7 Å². The van der Waals surface area contributed by atoms with Crippen molar-refractivity contribution in [3.63, 3.8) is 0 Å². The minimum Gasteiger partial charge on any atom is -0.458 e. The van der Waals surface area contributed by atoms with Crippen molar-refractivity contribution >= 4 is 34.1 Å². The molecule has 0 amide bonds. The summed E-state index contributed by atoms with van der Waals surface area (Å²) in [7, 11) is 0. The zero-order valence-electron chi connectivity index (χ0n) is 30.2. The van der Waals surface area contributed by atoms with Crippen molar-refractivity contribution in [1.82, 2.24) is 19.5 Å². The van der Waals surface area contributed by atoms with Crippen LogP contribution in [0.2, 0.25) is 0 Å². The molecule has 3 aromatic carbocycles. The first kappa shape index (κ1) is 28.5. The van der Waals surface area contributed by atoms with Gasteiger partial charge in [-0.3, -0.25) is 4.57 Å². The molecule has 0 saturated heterocycles. The average Bonchev–Trinajstić information content (AvgIpc) is 3.15. The third-order valence-electron chi connectivity index (χ3n) is 15.9. The highest BCUT2D eigenvalue weighted by Gasteiger charge is 2.52. The molecule has 8 bridgehead atoms. The second kappa shape index (κ2) is 9.02. The van der Waals surface area contributed by atoms with E-state index in [0.29, 0.717) is 29.2 Å². The molecule has 3 aliphatic heterocycles. The summed E-state index contributed by atoms with van der Waals surface area (Å²) in [6, 6.07) is 11.4. The summed E-state index contributed by atoms with van der Waals surface area (Å²) in [6.45, 7) is 6.63. The first-order chi connectivity index (χ1) is 25.2. The molecule has 4 fully saturated rings. The predicted molar refractivity (Wildman–Crippen MR) is 202 cm³/mol. The lowest BCUT2D eigenvalue weighted by Gasteiger charge is -2.39. The Labute approximate surface area is 303 Å². The number of hydrogen-bond donors (Lipinski definition) is 0. The second-order valence-electron chi connectivity index (χ2n) is 19.8. The van der Waals surface area contributed by atoms with Gasteiger partial charge in [-0.25, -0.2) is 15.0 Å². The SMILES string of the molecule is CC(C)(C)c1cc2c3c(c1)-n1c(F)nc4ccc5c(c41)B3c1c(cc3c(c1O2)C1CC2CC(CC3C2)C1)-c1nc2c(nc1-5)C1CC3CC(CC2C3)C1. The number of hydrogen-bond acceptors (Lipinski definition) is 4. The van der Waals surface area contributed by atoms with Gasteiger partial charge in [0.2, 0.25) is 0 Å². The van der Waals surface area contributed by atoms with Gasteiger partial charge < -0.3 is 4.74 Å². The maximum absolute atomic E-state index is 16.4. The Morgan fingerprint density at radius 2 is 1.33 bits per heavy atom. The molecule has 2 aromatic heterocycles. The molecule has 0 N–H and O–H groups in total. The van der Waals surface area contributed by atoms with E-state index in [1.807, 2.05) is 6.07 Å². The molecule has 5 heterocycles. The number of nitrogens with zero attached hydrogens (tertiary/aromatic N) is 4. The van der Waals surface area contributed by atoms with E-state index in [4.69, 9.17) is 14.7 Å². The number of halogens is 1. The number of aromatic nitrogens is 4. The summed E-state index contributed by atoms with van der Waals surface area (Å²) < 4.78 is 25.7. The molecular weight excluding hydrogens is 642 g/mol. The van der Waals surface area contributed by atoms with E-state index < -0.39 is 6.08 Å². The van der Waals surface area contributed by atoms with E-state index in [-0.39, 0.29) is 12.1 Å². The zero-order valence-corrected chi connectivity index (χ0v) is 30.2. The van der Waals surface area contributed by atoms with Gasteiger partial charge in [-0.1, -0.05) is 26.8 Å². The molecule has 16 rings (SSSR count). The first-order valence-electron chi connectivity index (χ1n) is 20.4. The van der Waals surface area contributed by atoms with Crippen molar-refractivity contribution in [3.8, 4) is 39.7 Å². The van der Waals surface area contributed by atoms with Crippen LogP contribution in [-0.4, -0.2) is 26.2 Å². The Kier molecular flexibility index (Phi) is 4.95. The van der Waals surface area contributed by atoms with Gasteiger partial charge in [-0.05, 0) is 162 Å². The van der Waals surface area contributed by atoms with Gasteiger partial charge in [-0.2, -0.15) is 4.39 Å². The third-order valence-corrected chi connectivity index (χ3v) is 15.9. The molecule has 0 spiro atoms. The van der Waals surface area contributed by atoms with E-state index in [0.717, 1.165) is 79.8 Å². The smallest absolute Gasteiger partial charge is 0.294 e. The standard InChI is InChI=1S/C45H42BFN4O/c1-45(2,3)27-16-32-37-33(17-27)52-43-34-24-10-19-6-20(11-24)9-23(8-19)29(34)18-30-36(43)46(37)35-28(4-5-31-42(35)51(32)44(47)48-31)40-41(30)50-39-26-14-21-7-22(15-26)13-25(12-21)38(39)49-40/h4-5,16-26H,6-15H2,1-3H3. The van der Waals surface area contributed by atoms with Crippen molar-refractivity contribution in [2.45, 2.75) is 114 Å². The fourth-order valence-corrected chi connectivity index (χ4v) is 14.2. The Morgan fingerprint density at radius 3 is 2.00 bits per heavy atom. The van der Waals surface area contributed by atoms with E-state index in [1.54, 1.807) is 4.57 Å². The summed E-state index contributed by atoms with van der Waals surface area (Å²) >= 11 is 0. The highest BCUT2D eigenvalue weighted by atomic mass is 19.1. The van der Waals surface area contributed by atoms with E-state index in [9.17, 15) is 0 Å². The van der Waals surface area contributed by atoms with Gasteiger partial charge in [0.05, 0.1) is 33.8 Å². The molecule has 7 heteroatoms. The first-order valence-corrected chi connectivity index (χ1v) is 20.4. The minimum atomic E-state index is -0.457. The van der Waals surface area contributed by atoms with Crippen LogP contribution in [0.5, 0.6) is 11.5 Å². The molecule has 11 aliphatic rings. The maximum Gasteiger partial charge on any atom is 0.294 e. The Morgan fingerprint density at radius 1 is 0.692 bits per heavy atom. The second-order valence-corrected chi connectivity index (χ2v) is 19.8. The summed E-state index contributed by atoms with van der Waals surface area (Å²) in [5.41, 5.74) is 16.9. The molecular formula is C45H42BFN4O. The van der Waals surface area contributed by atoms with Crippen molar-refractivity contribution in [2.75, 3.05) is 0 Å². The van der Waals surface area contributed by atoms with E-state index in [2.05, 4.69) is 50.0 Å². The molecule has 4 atom stereocenters. The molecule has 258 valence electrons. The lowest BCUT2D eigenvalue weighted by Crippen LogP contribution is -2.59. The summed E-state index contributed by atoms with van der Waals surface area (Å²) in [6.07, 6.45) is 12.5. The quantitative estimate of drug-likeness (QED) is 0.150. The largest absolute Gasteiger partial charge is 0.458 e. The van der Waals surface area contributed by atoms with Crippen LogP contribution in [0.1, 0.15) is 137 Å². The number of benzene rings is 3. The maximum atomic E-state index is 16.4. The highest BCUT2D eigenvalue weighted by molar-refractivity contribution is 7.01. The topological polar surface area (TPSA) is 52.8 Å². The van der Waals surface area contributed by atoms with Gasteiger partial charge in [-0.15, -0.1) is 0 Å². The van der Waals surface area contributed by atoms with Crippen molar-refractivity contribution in [1.29, 1.82) is 0 Å². The monoisotopic (exact) mass is 684 g/mol. The molecule has 5 nitrogen and oxygen atoms in total. The highest BCUT2D eigenvalue weighted by Crippen LogP contribution is 2.60. The molecule has 52 heavy (non-hydrogen) atoms. The third kappa shape index (κ3) is 3.34.